The summed E-state index contributed by atoms with van der Waals surface area (Å²) < 4.78 is 5.19. The number of nitrogens with zero attached hydrogens (tertiary/aromatic N) is 2. The molecule has 0 aliphatic carbocycles. The Hall–Kier alpha value is -3.81. The molecule has 1 unspecified atom stereocenters. The number of pyridine rings is 1. The number of hydrogen-bond acceptors (Lipinski definition) is 6. The molecule has 2 amide bonds. The Bertz CT molecular complexity index is 954. The molecule has 0 spiro atoms. The maximum Gasteiger partial charge on any atom is 0.289 e. The van der Waals surface area contributed by atoms with Crippen LogP contribution in [0.5, 0.6) is 0 Å². The number of aromatic nitrogens is 2. The van der Waals surface area contributed by atoms with Crippen LogP contribution in [0, 0.1) is 0 Å². The summed E-state index contributed by atoms with van der Waals surface area (Å²) in [6, 6.07) is 11.3. The molecule has 1 atom stereocenters. The van der Waals surface area contributed by atoms with Gasteiger partial charge in [-0.15, -0.1) is 0 Å². The first kappa shape index (κ1) is 18.0. The molecule has 0 saturated carbocycles. The van der Waals surface area contributed by atoms with Gasteiger partial charge in [0.2, 0.25) is 11.5 Å². The summed E-state index contributed by atoms with van der Waals surface area (Å²) in [6.07, 6.45) is 4.36. The second-order valence-electron chi connectivity index (χ2n) is 5.72. The van der Waals surface area contributed by atoms with Crippen LogP contribution in [0.15, 0.2) is 65.7 Å². The molecule has 0 radical (unpaired) electrons. The van der Waals surface area contributed by atoms with E-state index in [2.05, 4.69) is 15.3 Å². The fourth-order valence-electron chi connectivity index (χ4n) is 2.57. The number of Topliss-reactive ketones (excluding diaryl/α,β-unsaturated/α-hetero) is 1. The van der Waals surface area contributed by atoms with Crippen LogP contribution in [-0.4, -0.2) is 33.6 Å². The number of hydrogen-bond donors (Lipinski definition) is 2. The van der Waals surface area contributed by atoms with Crippen molar-refractivity contribution in [3.05, 3.63) is 72.6 Å². The van der Waals surface area contributed by atoms with Crippen molar-refractivity contribution in [3.8, 4) is 11.3 Å². The molecule has 2 aromatic heterocycles. The number of oxazole rings is 1. The molecule has 136 valence electrons. The molecule has 0 bridgehead atoms. The minimum atomic E-state index is -1.12. The van der Waals surface area contributed by atoms with E-state index in [1.165, 1.54) is 6.20 Å². The van der Waals surface area contributed by atoms with Crippen LogP contribution >= 0.6 is 0 Å². The molecule has 3 N–H and O–H groups in total. The quantitative estimate of drug-likeness (QED) is 0.605. The maximum absolute atomic E-state index is 12.7. The highest BCUT2D eigenvalue weighted by atomic mass is 16.3. The molecule has 1 aromatic carbocycles. The number of carbonyl (C=O) groups is 3. The normalized spacial score (nSPS) is 11.6. The predicted octanol–water partition coefficient (Wildman–Crippen LogP) is 1.13. The van der Waals surface area contributed by atoms with Crippen LogP contribution < -0.4 is 11.1 Å². The first-order valence-electron chi connectivity index (χ1n) is 8.08. The Kier molecular flexibility index (Phi) is 5.36. The second kappa shape index (κ2) is 8.05. The van der Waals surface area contributed by atoms with Gasteiger partial charge in [-0.2, -0.15) is 0 Å². The van der Waals surface area contributed by atoms with Crippen LogP contribution in [0.1, 0.15) is 16.1 Å². The van der Waals surface area contributed by atoms with E-state index in [1.54, 1.807) is 42.6 Å². The lowest BCUT2D eigenvalue weighted by Gasteiger charge is -2.16. The van der Waals surface area contributed by atoms with E-state index in [0.717, 1.165) is 12.0 Å². The molecule has 8 heteroatoms. The van der Waals surface area contributed by atoms with Gasteiger partial charge in [0.05, 0.1) is 0 Å². The maximum atomic E-state index is 12.7. The summed E-state index contributed by atoms with van der Waals surface area (Å²) >= 11 is 0. The Morgan fingerprint density at radius 1 is 1.11 bits per heavy atom. The van der Waals surface area contributed by atoms with Crippen molar-refractivity contribution in [1.82, 2.24) is 15.3 Å². The number of rotatable bonds is 7. The minimum Gasteiger partial charge on any atom is -0.438 e. The zero-order valence-electron chi connectivity index (χ0n) is 14.2. The van der Waals surface area contributed by atoms with E-state index in [9.17, 15) is 14.4 Å². The third kappa shape index (κ3) is 4.24. The van der Waals surface area contributed by atoms with Gasteiger partial charge in [0, 0.05) is 24.4 Å². The summed E-state index contributed by atoms with van der Waals surface area (Å²) in [5.41, 5.74) is 6.75. The van der Waals surface area contributed by atoms with Gasteiger partial charge >= 0.3 is 0 Å². The number of nitrogens with one attached hydrogen (secondary N) is 1. The molecule has 27 heavy (non-hydrogen) atoms. The van der Waals surface area contributed by atoms with Crippen molar-refractivity contribution in [1.29, 1.82) is 0 Å². The molecule has 0 aliphatic rings. The zero-order chi connectivity index (χ0) is 19.2. The lowest BCUT2D eigenvalue weighted by Crippen LogP contribution is -2.47. The first-order valence-corrected chi connectivity index (χ1v) is 8.08. The Labute approximate surface area is 154 Å². The smallest absolute Gasteiger partial charge is 0.289 e. The number of nitrogens with two attached hydrogens (primary N) is 1. The average Bonchev–Trinajstić information content (AvgIpc) is 3.18. The molecule has 3 rings (SSSR count). The average molecular weight is 364 g/mol. The molecular formula is C19H16N4O4. The van der Waals surface area contributed by atoms with Gasteiger partial charge in [-0.1, -0.05) is 30.3 Å². The number of amides is 2. The van der Waals surface area contributed by atoms with E-state index in [1.807, 2.05) is 6.07 Å². The fourth-order valence-corrected chi connectivity index (χ4v) is 2.57. The van der Waals surface area contributed by atoms with Gasteiger partial charge in [-0.25, -0.2) is 4.98 Å². The topological polar surface area (TPSA) is 128 Å². The number of carbonyl (C=O) groups excluding carboxylic acids is 3. The SMILES string of the molecule is NC(=O)C(=O)C(Cc1ccccc1)NC(=O)c1ocnc1-c1cccnc1. The van der Waals surface area contributed by atoms with Gasteiger partial charge in [0.15, 0.2) is 6.39 Å². The summed E-state index contributed by atoms with van der Waals surface area (Å²) in [7, 11) is 0. The Morgan fingerprint density at radius 3 is 2.56 bits per heavy atom. The van der Waals surface area contributed by atoms with Crippen molar-refractivity contribution in [2.75, 3.05) is 0 Å². The van der Waals surface area contributed by atoms with Gasteiger partial charge in [0.1, 0.15) is 11.7 Å². The zero-order valence-corrected chi connectivity index (χ0v) is 14.2. The molecule has 3 aromatic rings. The van der Waals surface area contributed by atoms with Crippen LogP contribution in [0.25, 0.3) is 11.3 Å². The van der Waals surface area contributed by atoms with Crippen molar-refractivity contribution < 1.29 is 18.8 Å². The van der Waals surface area contributed by atoms with Gasteiger partial charge in [-0.05, 0) is 17.7 Å². The molecule has 0 saturated heterocycles. The second-order valence-corrected chi connectivity index (χ2v) is 5.72. The van der Waals surface area contributed by atoms with Crippen molar-refractivity contribution >= 4 is 17.6 Å². The Morgan fingerprint density at radius 2 is 1.89 bits per heavy atom. The number of primary amides is 1. The van der Waals surface area contributed by atoms with Crippen LogP contribution in [0.3, 0.4) is 0 Å². The van der Waals surface area contributed by atoms with Gasteiger partial charge in [-0.3, -0.25) is 19.4 Å². The molecule has 0 aliphatic heterocycles. The van der Waals surface area contributed by atoms with E-state index < -0.39 is 23.6 Å². The number of benzene rings is 1. The number of ketones is 1. The van der Waals surface area contributed by atoms with Crippen molar-refractivity contribution in [2.45, 2.75) is 12.5 Å². The Balaban J connectivity index is 1.84. The summed E-state index contributed by atoms with van der Waals surface area (Å²) in [4.78, 5) is 44.2. The van der Waals surface area contributed by atoms with Crippen LogP contribution in [0.4, 0.5) is 0 Å². The largest absolute Gasteiger partial charge is 0.438 e. The fraction of sp³-hybridized carbons (Fsp3) is 0.105. The molecular weight excluding hydrogens is 348 g/mol. The van der Waals surface area contributed by atoms with Crippen LogP contribution in [-0.2, 0) is 16.0 Å². The van der Waals surface area contributed by atoms with E-state index in [0.29, 0.717) is 5.56 Å². The standard InChI is InChI=1S/C19H16N4O4/c20-18(25)16(24)14(9-12-5-2-1-3-6-12)23-19(26)17-15(22-11-27-17)13-7-4-8-21-10-13/h1-8,10-11,14H,9H2,(H2,20,25)(H,23,26). The van der Waals surface area contributed by atoms with E-state index in [4.69, 9.17) is 10.2 Å². The monoisotopic (exact) mass is 364 g/mol. The van der Waals surface area contributed by atoms with Crippen molar-refractivity contribution in [2.24, 2.45) is 5.73 Å². The minimum absolute atomic E-state index is 0.0849. The highest BCUT2D eigenvalue weighted by Gasteiger charge is 2.28. The first-order chi connectivity index (χ1) is 13.1. The van der Waals surface area contributed by atoms with E-state index >= 15 is 0 Å². The molecule has 0 fully saturated rings. The highest BCUT2D eigenvalue weighted by Crippen LogP contribution is 2.21. The van der Waals surface area contributed by atoms with Gasteiger partial charge in [0.25, 0.3) is 11.8 Å². The highest BCUT2D eigenvalue weighted by molar-refractivity contribution is 6.38. The van der Waals surface area contributed by atoms with Crippen LogP contribution in [0.2, 0.25) is 0 Å². The summed E-state index contributed by atoms with van der Waals surface area (Å²) in [5.74, 6) is -2.78. The van der Waals surface area contributed by atoms with Crippen molar-refractivity contribution in [3.63, 3.8) is 0 Å². The molecule has 8 nitrogen and oxygen atoms in total. The molecule has 2 heterocycles. The van der Waals surface area contributed by atoms with E-state index in [-0.39, 0.29) is 17.9 Å². The predicted molar refractivity (Wildman–Crippen MR) is 95.3 cm³/mol. The van der Waals surface area contributed by atoms with Gasteiger partial charge < -0.3 is 15.5 Å². The summed E-state index contributed by atoms with van der Waals surface area (Å²) in [5, 5.41) is 2.52. The lowest BCUT2D eigenvalue weighted by atomic mass is 10.0. The third-order valence-electron chi connectivity index (χ3n) is 3.86. The lowest BCUT2D eigenvalue weighted by molar-refractivity contribution is -0.137. The summed E-state index contributed by atoms with van der Waals surface area (Å²) in [6.45, 7) is 0. The third-order valence-corrected chi connectivity index (χ3v) is 3.86.